The van der Waals surface area contributed by atoms with E-state index in [1.165, 1.54) is 28.5 Å². The zero-order valence-corrected chi connectivity index (χ0v) is 39.3. The summed E-state index contributed by atoms with van der Waals surface area (Å²) in [4.78, 5) is 51.6. The van der Waals surface area contributed by atoms with Crippen LogP contribution >= 0.6 is 11.3 Å². The van der Waals surface area contributed by atoms with E-state index in [9.17, 15) is 19.5 Å². The molecule has 15 heteroatoms. The molecule has 2 saturated heterocycles. The number of morpholine rings is 1. The number of phenolic OH excluding ortho intramolecular Hbond substituents is 1. The molecule has 2 aliphatic heterocycles. The number of carbonyl (C=O) groups is 2. The molecule has 6 rings (SSSR count). The number of aromatic amines is 1. The van der Waals surface area contributed by atoms with Gasteiger partial charge in [0.25, 0.3) is 5.91 Å². The first-order valence-electron chi connectivity index (χ1n) is 21.7. The van der Waals surface area contributed by atoms with E-state index in [1.54, 1.807) is 29.3 Å². The van der Waals surface area contributed by atoms with Crippen LogP contribution in [-0.4, -0.2) is 128 Å². The van der Waals surface area contributed by atoms with Gasteiger partial charge in [-0.25, -0.2) is 4.98 Å². The van der Waals surface area contributed by atoms with Crippen molar-refractivity contribution in [3.8, 4) is 17.6 Å². The van der Waals surface area contributed by atoms with E-state index >= 15 is 0 Å². The van der Waals surface area contributed by atoms with Gasteiger partial charge in [-0.2, -0.15) is 0 Å². The second-order valence-corrected chi connectivity index (χ2v) is 23.7. The van der Waals surface area contributed by atoms with Gasteiger partial charge in [0.2, 0.25) is 11.5 Å². The number of likely N-dealkylation sites (tertiary alicyclic amines) is 1. The van der Waals surface area contributed by atoms with Gasteiger partial charge in [-0.05, 0) is 79.1 Å². The number of aromatic nitrogens is 2. The lowest BCUT2D eigenvalue weighted by molar-refractivity contribution is -0.131. The SMILES string of the molecule is CC#Cc1nc(C(=O)N2CCOC3(CCN(Cc4cccc(CCOCCC(=O)N(C)CCNC[C@H](O[Si](C)(C)C(C)(C)C)c5ccc(O)c6[nH]c(=O)ccc56)c4)CC3)C2)cs1. The lowest BCUT2D eigenvalue weighted by atomic mass is 9.89. The van der Waals surface area contributed by atoms with E-state index in [0.29, 0.717) is 75.2 Å². The van der Waals surface area contributed by atoms with Crippen LogP contribution in [0.3, 0.4) is 0 Å². The number of thiazole rings is 1. The highest BCUT2D eigenvalue weighted by Gasteiger charge is 2.42. The van der Waals surface area contributed by atoms with Crippen LogP contribution in [0.25, 0.3) is 10.9 Å². The molecule has 2 fully saturated rings. The third-order valence-corrected chi connectivity index (χ3v) is 17.8. The fourth-order valence-corrected chi connectivity index (χ4v) is 9.78. The summed E-state index contributed by atoms with van der Waals surface area (Å²) >= 11 is 1.40. The van der Waals surface area contributed by atoms with Crippen molar-refractivity contribution in [2.45, 2.75) is 89.8 Å². The number of amides is 2. The van der Waals surface area contributed by atoms with Crippen molar-refractivity contribution in [2.24, 2.45) is 0 Å². The number of pyridine rings is 1. The van der Waals surface area contributed by atoms with Gasteiger partial charge in [0.15, 0.2) is 13.3 Å². The number of phenols is 1. The normalized spacial score (nSPS) is 16.3. The topological polar surface area (TPSA) is 150 Å². The Hall–Kier alpha value is -4.40. The Bertz CT molecular complexity index is 2290. The molecule has 2 amide bonds. The number of fused-ring (bicyclic) bond motifs is 1. The number of H-pyrrole nitrogens is 1. The molecule has 13 nitrogen and oxygen atoms in total. The number of benzene rings is 2. The van der Waals surface area contributed by atoms with Crippen molar-refractivity contribution in [1.82, 2.24) is 30.0 Å². The first-order chi connectivity index (χ1) is 29.6. The molecule has 2 aromatic carbocycles. The standard InChI is InChI=1S/C47H64N6O7SSi/c1-8-10-42-49-38(32-61-42)45(57)53-25-28-59-47(33-53)19-22-52(23-20-47)31-35-12-9-11-34(29-35)17-26-58-27-18-43(56)51(5)24-21-48-30-40(60-62(6,7)46(2,3)4)36-13-15-39(54)44-37(36)14-16-41(55)50-44/h9,11-16,29,32,40,48,54H,17-28,30-31,33H2,1-7H3,(H,50,55)/t40-/m0/s1. The van der Waals surface area contributed by atoms with Gasteiger partial charge in [0.05, 0.1) is 50.0 Å². The minimum absolute atomic E-state index is 0.0165. The smallest absolute Gasteiger partial charge is 0.273 e. The molecule has 62 heavy (non-hydrogen) atoms. The number of rotatable bonds is 17. The van der Waals surface area contributed by atoms with Gasteiger partial charge in [0, 0.05) is 69.7 Å². The predicted octanol–water partition coefficient (Wildman–Crippen LogP) is 6.33. The average molecular weight is 885 g/mol. The van der Waals surface area contributed by atoms with E-state index in [0.717, 1.165) is 49.8 Å². The first kappa shape index (κ1) is 47.1. The second kappa shape index (κ2) is 20.9. The van der Waals surface area contributed by atoms with Gasteiger partial charge < -0.3 is 39.1 Å². The van der Waals surface area contributed by atoms with Crippen molar-refractivity contribution in [3.05, 3.63) is 91.7 Å². The van der Waals surface area contributed by atoms with Crippen LogP contribution in [0.1, 0.15) is 85.2 Å². The van der Waals surface area contributed by atoms with Gasteiger partial charge in [-0.3, -0.25) is 19.3 Å². The quantitative estimate of drug-likeness (QED) is 0.0625. The molecule has 0 unspecified atom stereocenters. The fourth-order valence-electron chi connectivity index (χ4n) is 7.81. The molecule has 3 N–H and O–H groups in total. The summed E-state index contributed by atoms with van der Waals surface area (Å²) in [6.07, 6.45) is 2.48. The Morgan fingerprint density at radius 2 is 1.89 bits per heavy atom. The highest BCUT2D eigenvalue weighted by atomic mass is 32.1. The number of carbonyl (C=O) groups excluding carboxylic acids is 2. The maximum Gasteiger partial charge on any atom is 0.273 e. The lowest BCUT2D eigenvalue weighted by Gasteiger charge is -2.47. The molecule has 4 aromatic rings. The maximum atomic E-state index is 13.2. The number of ether oxygens (including phenoxy) is 2. The maximum absolute atomic E-state index is 13.2. The Kier molecular flexibility index (Phi) is 15.8. The number of piperidine rings is 1. The highest BCUT2D eigenvalue weighted by molar-refractivity contribution is 7.10. The third-order valence-electron chi connectivity index (χ3n) is 12.5. The Morgan fingerprint density at radius 1 is 1.11 bits per heavy atom. The van der Waals surface area contributed by atoms with Crippen LogP contribution in [0.5, 0.6) is 5.75 Å². The van der Waals surface area contributed by atoms with Crippen molar-refractivity contribution in [2.75, 3.05) is 72.7 Å². The predicted molar refractivity (Wildman–Crippen MR) is 247 cm³/mol. The van der Waals surface area contributed by atoms with Crippen LogP contribution in [0, 0.1) is 11.8 Å². The van der Waals surface area contributed by atoms with E-state index in [1.807, 2.05) is 18.0 Å². The summed E-state index contributed by atoms with van der Waals surface area (Å²) in [5.41, 5.74) is 3.61. The Morgan fingerprint density at radius 3 is 2.65 bits per heavy atom. The van der Waals surface area contributed by atoms with Gasteiger partial charge >= 0.3 is 0 Å². The summed E-state index contributed by atoms with van der Waals surface area (Å²) in [7, 11) is -0.399. The Labute approximate surface area is 371 Å². The number of aromatic hydroxyl groups is 1. The second-order valence-electron chi connectivity index (χ2n) is 18.1. The van der Waals surface area contributed by atoms with Gasteiger partial charge in [-0.15, -0.1) is 11.3 Å². The monoisotopic (exact) mass is 884 g/mol. The molecule has 4 heterocycles. The van der Waals surface area contributed by atoms with E-state index < -0.39 is 8.32 Å². The van der Waals surface area contributed by atoms with Gasteiger partial charge in [0.1, 0.15) is 11.4 Å². The summed E-state index contributed by atoms with van der Waals surface area (Å²) < 4.78 is 19.2. The fraction of sp³-hybridized carbons (Fsp3) is 0.532. The molecular weight excluding hydrogens is 821 g/mol. The average Bonchev–Trinajstić information content (AvgIpc) is 3.71. The van der Waals surface area contributed by atoms with E-state index in [2.05, 4.69) is 90.2 Å². The number of likely N-dealkylation sites (N-methyl/N-ethyl adjacent to an activating group) is 1. The molecule has 0 bridgehead atoms. The van der Waals surface area contributed by atoms with Gasteiger partial charge in [-0.1, -0.05) is 57.0 Å². The van der Waals surface area contributed by atoms with Crippen molar-refractivity contribution >= 4 is 42.4 Å². The van der Waals surface area contributed by atoms with Crippen LogP contribution < -0.4 is 10.9 Å². The molecule has 2 aromatic heterocycles. The number of hydrogen-bond donors (Lipinski definition) is 3. The molecule has 0 radical (unpaired) electrons. The Balaban J connectivity index is 0.899. The van der Waals surface area contributed by atoms with Crippen LogP contribution in [0.2, 0.25) is 18.1 Å². The minimum Gasteiger partial charge on any atom is -0.506 e. The molecule has 1 atom stereocenters. The lowest BCUT2D eigenvalue weighted by Crippen LogP contribution is -2.58. The zero-order chi connectivity index (χ0) is 44.5. The van der Waals surface area contributed by atoms with Crippen LogP contribution in [0.4, 0.5) is 0 Å². The van der Waals surface area contributed by atoms with E-state index in [-0.39, 0.29) is 39.9 Å². The molecule has 334 valence electrons. The van der Waals surface area contributed by atoms with E-state index in [4.69, 9.17) is 13.9 Å². The van der Waals surface area contributed by atoms with Crippen LogP contribution in [-0.2, 0) is 31.7 Å². The first-order valence-corrected chi connectivity index (χ1v) is 25.5. The number of nitrogens with zero attached hydrogens (tertiary/aromatic N) is 4. The number of hydrogen-bond acceptors (Lipinski definition) is 11. The minimum atomic E-state index is -2.21. The largest absolute Gasteiger partial charge is 0.506 e. The number of nitrogens with one attached hydrogen (secondary N) is 2. The highest BCUT2D eigenvalue weighted by Crippen LogP contribution is 2.41. The van der Waals surface area contributed by atoms with Crippen molar-refractivity contribution < 1.29 is 28.6 Å². The molecular formula is C47H64N6O7SSi. The third kappa shape index (κ3) is 12.2. The molecule has 0 saturated carbocycles. The summed E-state index contributed by atoms with van der Waals surface area (Å²) in [5.74, 6) is 5.78. The zero-order valence-electron chi connectivity index (χ0n) is 37.5. The summed E-state index contributed by atoms with van der Waals surface area (Å²) in [6, 6.07) is 15.3. The molecule has 2 aliphatic rings. The molecule has 1 spiro atoms. The summed E-state index contributed by atoms with van der Waals surface area (Å²) in [5, 5.41) is 17.2. The van der Waals surface area contributed by atoms with Crippen LogP contribution in [0.15, 0.2) is 58.7 Å². The summed E-state index contributed by atoms with van der Waals surface area (Å²) in [6.45, 7) is 19.6. The van der Waals surface area contributed by atoms with Crippen molar-refractivity contribution in [3.63, 3.8) is 0 Å². The van der Waals surface area contributed by atoms with Crippen molar-refractivity contribution in [1.29, 1.82) is 0 Å². The molecule has 0 aliphatic carbocycles.